The van der Waals surface area contributed by atoms with Crippen molar-refractivity contribution < 1.29 is 14.2 Å². The molecule has 2 N–H and O–H groups in total. The maximum Gasteiger partial charge on any atom is 0.271 e. The summed E-state index contributed by atoms with van der Waals surface area (Å²) < 4.78 is 12.4. The molecule has 1 atom stereocenters. The molecule has 5 nitrogen and oxygen atoms in total. The van der Waals surface area contributed by atoms with Gasteiger partial charge < -0.3 is 14.2 Å². The van der Waals surface area contributed by atoms with Crippen LogP contribution in [-0.4, -0.2) is 10.2 Å². The Labute approximate surface area is 159 Å². The van der Waals surface area contributed by atoms with Crippen molar-refractivity contribution in [2.24, 2.45) is 0 Å². The molecule has 26 heavy (non-hydrogen) atoms. The summed E-state index contributed by atoms with van der Waals surface area (Å²) in [6.07, 6.45) is 1.69. The summed E-state index contributed by atoms with van der Waals surface area (Å²) in [6.45, 7) is 0.553. The van der Waals surface area contributed by atoms with E-state index in [0.29, 0.717) is 18.3 Å². The Hall–Kier alpha value is -2.70. The van der Waals surface area contributed by atoms with Gasteiger partial charge in [0.05, 0.1) is 11.8 Å². The Morgan fingerprint density at radius 3 is 2.50 bits per heavy atom. The summed E-state index contributed by atoms with van der Waals surface area (Å²) in [6, 6.07) is 21.9. The molecule has 0 radical (unpaired) electrons. The maximum absolute atomic E-state index is 5.84. The standard InChI is InChI=1S/C20H16BrN3O2/c21-16-10-5-4-9-15(16)20-24-23-18(26-20)13-22-19(17-11-6-12-25-17)14-7-2-1-3-8-14/h1-12,19,22H,13H2/p+1/t19-/m1/s1. The second-order valence-corrected chi connectivity index (χ2v) is 6.68. The van der Waals surface area contributed by atoms with Crippen molar-refractivity contribution in [1.29, 1.82) is 0 Å². The second kappa shape index (κ2) is 7.68. The Morgan fingerprint density at radius 1 is 0.923 bits per heavy atom. The minimum absolute atomic E-state index is 0.0324. The lowest BCUT2D eigenvalue weighted by atomic mass is 10.0. The lowest BCUT2D eigenvalue weighted by molar-refractivity contribution is -0.706. The third-order valence-electron chi connectivity index (χ3n) is 4.11. The van der Waals surface area contributed by atoms with E-state index in [1.54, 1.807) is 6.26 Å². The molecule has 0 aliphatic rings. The van der Waals surface area contributed by atoms with Crippen molar-refractivity contribution in [3.05, 3.63) is 94.7 Å². The zero-order chi connectivity index (χ0) is 17.8. The van der Waals surface area contributed by atoms with E-state index in [0.717, 1.165) is 21.4 Å². The van der Waals surface area contributed by atoms with Crippen LogP contribution in [0.2, 0.25) is 0 Å². The fraction of sp³-hybridized carbons (Fsp3) is 0.100. The molecule has 4 rings (SSSR count). The van der Waals surface area contributed by atoms with E-state index in [1.807, 2.05) is 54.6 Å². The summed E-state index contributed by atoms with van der Waals surface area (Å²) >= 11 is 3.51. The van der Waals surface area contributed by atoms with Crippen molar-refractivity contribution in [2.45, 2.75) is 12.6 Å². The van der Waals surface area contributed by atoms with E-state index >= 15 is 0 Å². The predicted octanol–water partition coefficient (Wildman–Crippen LogP) is 3.95. The predicted molar refractivity (Wildman–Crippen MR) is 100 cm³/mol. The average Bonchev–Trinajstić information content (AvgIpc) is 3.36. The molecule has 6 heteroatoms. The fourth-order valence-corrected chi connectivity index (χ4v) is 3.30. The van der Waals surface area contributed by atoms with Gasteiger partial charge in [0.15, 0.2) is 18.3 Å². The molecule has 2 heterocycles. The van der Waals surface area contributed by atoms with Crippen LogP contribution >= 0.6 is 15.9 Å². The molecule has 0 aliphatic carbocycles. The summed E-state index contributed by atoms with van der Waals surface area (Å²) in [4.78, 5) is 0. The Bertz CT molecular complexity index is 968. The number of halogens is 1. The highest BCUT2D eigenvalue weighted by Gasteiger charge is 2.21. The van der Waals surface area contributed by atoms with Crippen LogP contribution in [0.1, 0.15) is 23.3 Å². The number of nitrogens with two attached hydrogens (primary N) is 1. The molecule has 130 valence electrons. The molecule has 0 aliphatic heterocycles. The van der Waals surface area contributed by atoms with E-state index in [1.165, 1.54) is 0 Å². The van der Waals surface area contributed by atoms with E-state index in [9.17, 15) is 0 Å². The van der Waals surface area contributed by atoms with Gasteiger partial charge in [-0.25, -0.2) is 0 Å². The van der Waals surface area contributed by atoms with Gasteiger partial charge in [-0.2, -0.15) is 0 Å². The smallest absolute Gasteiger partial charge is 0.271 e. The first kappa shape index (κ1) is 16.8. The summed E-state index contributed by atoms with van der Waals surface area (Å²) in [7, 11) is 0. The van der Waals surface area contributed by atoms with Crippen LogP contribution in [0.4, 0.5) is 0 Å². The molecule has 0 saturated heterocycles. The van der Waals surface area contributed by atoms with Crippen LogP contribution in [0, 0.1) is 0 Å². The van der Waals surface area contributed by atoms with Gasteiger partial charge in [0, 0.05) is 10.0 Å². The van der Waals surface area contributed by atoms with Crippen LogP contribution in [-0.2, 0) is 6.54 Å². The first-order chi connectivity index (χ1) is 12.8. The molecule has 0 fully saturated rings. The minimum Gasteiger partial charge on any atom is -0.463 e. The van der Waals surface area contributed by atoms with E-state index in [2.05, 4.69) is 43.6 Å². The highest BCUT2D eigenvalue weighted by molar-refractivity contribution is 9.10. The van der Waals surface area contributed by atoms with Gasteiger partial charge in [0.25, 0.3) is 5.89 Å². The van der Waals surface area contributed by atoms with Crippen LogP contribution in [0.25, 0.3) is 11.5 Å². The van der Waals surface area contributed by atoms with Crippen molar-refractivity contribution >= 4 is 15.9 Å². The van der Waals surface area contributed by atoms with Gasteiger partial charge in [0.1, 0.15) is 0 Å². The Balaban J connectivity index is 1.53. The summed E-state index contributed by atoms with van der Waals surface area (Å²) in [5.74, 6) is 1.97. The SMILES string of the molecule is Brc1ccccc1-c1nnc(C[NH2+][C@H](c2ccccc2)c2ccco2)o1. The molecule has 2 aromatic carbocycles. The number of nitrogens with zero attached hydrogens (tertiary/aromatic N) is 2. The molecule has 4 aromatic rings. The molecule has 0 unspecified atom stereocenters. The largest absolute Gasteiger partial charge is 0.463 e. The van der Waals surface area contributed by atoms with Gasteiger partial charge in [-0.05, 0) is 40.2 Å². The van der Waals surface area contributed by atoms with Gasteiger partial charge in [-0.1, -0.05) is 42.5 Å². The monoisotopic (exact) mass is 410 g/mol. The molecule has 0 saturated carbocycles. The molecule has 0 spiro atoms. The second-order valence-electron chi connectivity index (χ2n) is 5.82. The quantitative estimate of drug-likeness (QED) is 0.522. The minimum atomic E-state index is 0.0324. The Kier molecular flexibility index (Phi) is 4.95. The first-order valence-corrected chi connectivity index (χ1v) is 9.09. The third-order valence-corrected chi connectivity index (χ3v) is 4.80. The van der Waals surface area contributed by atoms with Crippen molar-refractivity contribution in [2.75, 3.05) is 0 Å². The number of hydrogen-bond acceptors (Lipinski definition) is 4. The number of hydrogen-bond donors (Lipinski definition) is 1. The van der Waals surface area contributed by atoms with E-state index in [4.69, 9.17) is 8.83 Å². The third kappa shape index (κ3) is 3.61. The number of quaternary nitrogens is 1. The van der Waals surface area contributed by atoms with Crippen LogP contribution < -0.4 is 5.32 Å². The molecule has 2 aromatic heterocycles. The lowest BCUT2D eigenvalue weighted by Crippen LogP contribution is -2.84. The topological polar surface area (TPSA) is 68.7 Å². The Morgan fingerprint density at radius 2 is 1.73 bits per heavy atom. The first-order valence-electron chi connectivity index (χ1n) is 8.30. The van der Waals surface area contributed by atoms with Crippen molar-refractivity contribution in [3.8, 4) is 11.5 Å². The van der Waals surface area contributed by atoms with Crippen LogP contribution in [0.5, 0.6) is 0 Å². The molecular formula is C20H17BrN3O2+. The van der Waals surface area contributed by atoms with Crippen LogP contribution in [0.3, 0.4) is 0 Å². The average molecular weight is 411 g/mol. The molecular weight excluding hydrogens is 394 g/mol. The van der Waals surface area contributed by atoms with Gasteiger partial charge in [0.2, 0.25) is 5.89 Å². The van der Waals surface area contributed by atoms with Gasteiger partial charge in [-0.3, -0.25) is 0 Å². The van der Waals surface area contributed by atoms with Crippen molar-refractivity contribution in [3.63, 3.8) is 0 Å². The summed E-state index contributed by atoms with van der Waals surface area (Å²) in [5, 5.41) is 10.5. The number of aromatic nitrogens is 2. The van der Waals surface area contributed by atoms with E-state index in [-0.39, 0.29) is 6.04 Å². The normalized spacial score (nSPS) is 12.2. The fourth-order valence-electron chi connectivity index (χ4n) is 2.84. The van der Waals surface area contributed by atoms with Crippen molar-refractivity contribution in [1.82, 2.24) is 10.2 Å². The maximum atomic E-state index is 5.84. The van der Waals surface area contributed by atoms with Crippen LogP contribution in [0.15, 0.2) is 86.3 Å². The zero-order valence-electron chi connectivity index (χ0n) is 13.9. The lowest BCUT2D eigenvalue weighted by Gasteiger charge is -2.12. The number of furan rings is 1. The highest BCUT2D eigenvalue weighted by atomic mass is 79.9. The summed E-state index contributed by atoms with van der Waals surface area (Å²) in [5.41, 5.74) is 2.05. The zero-order valence-corrected chi connectivity index (χ0v) is 15.5. The highest BCUT2D eigenvalue weighted by Crippen LogP contribution is 2.26. The molecule has 0 amide bonds. The number of benzene rings is 2. The van der Waals surface area contributed by atoms with Gasteiger partial charge >= 0.3 is 0 Å². The van der Waals surface area contributed by atoms with Gasteiger partial charge in [-0.15, -0.1) is 10.2 Å². The molecule has 0 bridgehead atoms. The van der Waals surface area contributed by atoms with E-state index < -0.39 is 0 Å². The number of rotatable bonds is 6.